The lowest BCUT2D eigenvalue weighted by atomic mass is 10.0. The molecule has 1 aromatic carbocycles. The minimum absolute atomic E-state index is 0.0389. The molecule has 1 atom stereocenters. The number of carbonyl (C=O) groups is 2. The van der Waals surface area contributed by atoms with E-state index in [1.807, 2.05) is 6.92 Å². The molecule has 3 rings (SSSR count). The highest BCUT2D eigenvalue weighted by Gasteiger charge is 2.28. The van der Waals surface area contributed by atoms with Crippen LogP contribution in [0.5, 0.6) is 0 Å². The predicted molar refractivity (Wildman–Crippen MR) is 141 cm³/mol. The number of amides is 2. The number of nitro benzene ring substituents is 1. The zero-order valence-corrected chi connectivity index (χ0v) is 21.7. The third-order valence-electron chi connectivity index (χ3n) is 7.04. The number of hydrogen-bond acceptors (Lipinski definition) is 7. The van der Waals surface area contributed by atoms with Gasteiger partial charge in [0.25, 0.3) is 11.6 Å². The molecule has 4 N–H and O–H groups in total. The number of guanidine groups is 1. The molecule has 2 amide bonds. The lowest BCUT2D eigenvalue weighted by molar-refractivity contribution is -0.385. The third kappa shape index (κ3) is 7.72. The van der Waals surface area contributed by atoms with Crippen LogP contribution in [0.15, 0.2) is 18.2 Å². The summed E-state index contributed by atoms with van der Waals surface area (Å²) in [5.74, 6) is -0.291. The zero-order valence-electron chi connectivity index (χ0n) is 21.7. The van der Waals surface area contributed by atoms with E-state index in [0.29, 0.717) is 76.6 Å². The van der Waals surface area contributed by atoms with Crippen LogP contribution in [0.2, 0.25) is 0 Å². The van der Waals surface area contributed by atoms with Gasteiger partial charge in [-0.1, -0.05) is 6.92 Å². The number of nitrogens with zero attached hydrogens (tertiary/aromatic N) is 5. The first kappa shape index (κ1) is 28.0. The summed E-state index contributed by atoms with van der Waals surface area (Å²) in [5.41, 5.74) is 7.02. The Morgan fingerprint density at radius 3 is 2.16 bits per heavy atom. The molecular weight excluding hydrogens is 476 g/mol. The summed E-state index contributed by atoms with van der Waals surface area (Å²) in [6.07, 6.45) is 2.23. The number of non-ortho nitro benzene ring substituents is 1. The van der Waals surface area contributed by atoms with E-state index in [1.165, 1.54) is 12.1 Å². The van der Waals surface area contributed by atoms with Gasteiger partial charge in [-0.05, 0) is 37.8 Å². The van der Waals surface area contributed by atoms with Crippen molar-refractivity contribution in [3.63, 3.8) is 0 Å². The van der Waals surface area contributed by atoms with Crippen LogP contribution >= 0.6 is 0 Å². The first-order valence-corrected chi connectivity index (χ1v) is 12.8. The number of nitro groups is 1. The van der Waals surface area contributed by atoms with Crippen LogP contribution in [0.4, 0.5) is 5.69 Å². The monoisotopic (exact) mass is 514 g/mol. The van der Waals surface area contributed by atoms with Gasteiger partial charge in [-0.3, -0.25) is 30.0 Å². The predicted octanol–water partition coefficient (Wildman–Crippen LogP) is 1.74. The second-order valence-electron chi connectivity index (χ2n) is 9.98. The van der Waals surface area contributed by atoms with Crippen LogP contribution in [0, 0.1) is 26.9 Å². The summed E-state index contributed by atoms with van der Waals surface area (Å²) in [5, 5.41) is 26.7. The fraction of sp³-hybridized carbons (Fsp3) is 0.600. The SMILES string of the molecule is CC(=N)CCCC(C)C(=O)N1CCN(C(=O)c2cc(CN3CCN(C(=N)N)CC3)cc([N+](=O)[O-])c2)CC1. The largest absolute Gasteiger partial charge is 0.370 e. The van der Waals surface area contributed by atoms with Crippen molar-refractivity contribution in [2.45, 2.75) is 39.7 Å². The summed E-state index contributed by atoms with van der Waals surface area (Å²) in [6, 6.07) is 4.55. The maximum Gasteiger partial charge on any atom is 0.270 e. The van der Waals surface area contributed by atoms with E-state index in [4.69, 9.17) is 16.6 Å². The van der Waals surface area contributed by atoms with E-state index in [-0.39, 0.29) is 34.9 Å². The normalized spacial score (nSPS) is 17.4. The van der Waals surface area contributed by atoms with E-state index in [0.717, 1.165) is 12.8 Å². The Morgan fingerprint density at radius 1 is 1.00 bits per heavy atom. The van der Waals surface area contributed by atoms with Gasteiger partial charge in [-0.2, -0.15) is 0 Å². The molecule has 1 unspecified atom stereocenters. The van der Waals surface area contributed by atoms with Crippen LogP contribution < -0.4 is 5.73 Å². The lowest BCUT2D eigenvalue weighted by Crippen LogP contribution is -2.51. The van der Waals surface area contributed by atoms with Gasteiger partial charge in [-0.25, -0.2) is 0 Å². The molecule has 2 aliphatic rings. The van der Waals surface area contributed by atoms with Gasteiger partial charge in [0.15, 0.2) is 5.96 Å². The van der Waals surface area contributed by atoms with E-state index in [2.05, 4.69) is 4.90 Å². The van der Waals surface area contributed by atoms with E-state index >= 15 is 0 Å². The first-order valence-electron chi connectivity index (χ1n) is 12.8. The Bertz CT molecular complexity index is 1030. The second kappa shape index (κ2) is 12.6. The molecular formula is C25H38N8O4. The molecule has 0 bridgehead atoms. The van der Waals surface area contributed by atoms with Crippen molar-refractivity contribution in [2.75, 3.05) is 52.4 Å². The fourth-order valence-electron chi connectivity index (χ4n) is 4.82. The van der Waals surface area contributed by atoms with Crippen LogP contribution in [0.3, 0.4) is 0 Å². The molecule has 2 heterocycles. The molecule has 2 saturated heterocycles. The summed E-state index contributed by atoms with van der Waals surface area (Å²) in [7, 11) is 0. The molecule has 0 radical (unpaired) electrons. The summed E-state index contributed by atoms with van der Waals surface area (Å²) >= 11 is 0. The van der Waals surface area contributed by atoms with E-state index in [1.54, 1.807) is 27.7 Å². The Balaban J connectivity index is 1.60. The standard InChI is InChI=1S/C25H38N8O4/c1-18(4-3-5-19(2)26)23(34)30-10-12-31(13-11-30)24(35)21-14-20(15-22(16-21)33(36)37)17-29-6-8-32(9-7-29)25(27)28/h14-16,18,26H,3-13,17H2,1-2H3,(H3,27,28). The number of rotatable bonds is 9. The first-order chi connectivity index (χ1) is 17.5. The van der Waals surface area contributed by atoms with Gasteiger partial charge in [0.05, 0.1) is 4.92 Å². The maximum atomic E-state index is 13.3. The number of piperazine rings is 2. The summed E-state index contributed by atoms with van der Waals surface area (Å²) in [4.78, 5) is 44.5. The molecule has 0 aromatic heterocycles. The zero-order chi connectivity index (χ0) is 27.1. The Kier molecular flexibility index (Phi) is 9.56. The molecule has 2 aliphatic heterocycles. The van der Waals surface area contributed by atoms with Crippen molar-refractivity contribution >= 4 is 29.2 Å². The van der Waals surface area contributed by atoms with Gasteiger partial charge in [0.1, 0.15) is 0 Å². The van der Waals surface area contributed by atoms with Gasteiger partial charge in [-0.15, -0.1) is 0 Å². The minimum Gasteiger partial charge on any atom is -0.370 e. The molecule has 12 nitrogen and oxygen atoms in total. The van der Waals surface area contributed by atoms with Crippen LogP contribution in [0.25, 0.3) is 0 Å². The van der Waals surface area contributed by atoms with Crippen molar-refractivity contribution in [1.82, 2.24) is 19.6 Å². The molecule has 0 aliphatic carbocycles. The quantitative estimate of drug-likeness (QED) is 0.195. The van der Waals surface area contributed by atoms with Crippen LogP contribution in [0.1, 0.15) is 49.0 Å². The Hall–Kier alpha value is -3.54. The van der Waals surface area contributed by atoms with Crippen molar-refractivity contribution in [1.29, 1.82) is 10.8 Å². The average molecular weight is 515 g/mol. The van der Waals surface area contributed by atoms with Gasteiger partial charge in [0.2, 0.25) is 5.91 Å². The summed E-state index contributed by atoms with van der Waals surface area (Å²) < 4.78 is 0. The molecule has 37 heavy (non-hydrogen) atoms. The number of carbonyl (C=O) groups excluding carboxylic acids is 2. The Morgan fingerprint density at radius 2 is 1.59 bits per heavy atom. The molecule has 12 heteroatoms. The van der Waals surface area contributed by atoms with Crippen molar-refractivity contribution in [2.24, 2.45) is 11.7 Å². The molecule has 0 saturated carbocycles. The van der Waals surface area contributed by atoms with Gasteiger partial charge >= 0.3 is 0 Å². The maximum absolute atomic E-state index is 13.3. The lowest BCUT2D eigenvalue weighted by Gasteiger charge is -2.36. The number of hydrogen-bond donors (Lipinski definition) is 3. The minimum atomic E-state index is -0.480. The van der Waals surface area contributed by atoms with Crippen LogP contribution in [-0.4, -0.2) is 100 Å². The number of nitrogens with two attached hydrogens (primary N) is 1. The highest BCUT2D eigenvalue weighted by atomic mass is 16.6. The van der Waals surface area contributed by atoms with Crippen LogP contribution in [-0.2, 0) is 11.3 Å². The van der Waals surface area contributed by atoms with Crippen molar-refractivity contribution in [3.05, 3.63) is 39.4 Å². The van der Waals surface area contributed by atoms with Gasteiger partial charge in [0, 0.05) is 88.2 Å². The topological polar surface area (TPSA) is 164 Å². The molecule has 2 fully saturated rings. The van der Waals surface area contributed by atoms with Gasteiger partial charge < -0.3 is 25.8 Å². The van der Waals surface area contributed by atoms with Crippen molar-refractivity contribution in [3.8, 4) is 0 Å². The summed E-state index contributed by atoms with van der Waals surface area (Å²) in [6.45, 7) is 8.31. The highest BCUT2D eigenvalue weighted by molar-refractivity contribution is 5.95. The van der Waals surface area contributed by atoms with Crippen molar-refractivity contribution < 1.29 is 14.5 Å². The highest BCUT2D eigenvalue weighted by Crippen LogP contribution is 2.22. The molecule has 0 spiro atoms. The molecule has 202 valence electrons. The van der Waals surface area contributed by atoms with E-state index in [9.17, 15) is 19.7 Å². The number of nitrogens with one attached hydrogen (secondary N) is 2. The fourth-order valence-corrected chi connectivity index (χ4v) is 4.82. The smallest absolute Gasteiger partial charge is 0.270 e. The Labute approximate surface area is 217 Å². The van der Waals surface area contributed by atoms with E-state index < -0.39 is 4.92 Å². The average Bonchev–Trinajstić information content (AvgIpc) is 2.87. The molecule has 1 aromatic rings. The third-order valence-corrected chi connectivity index (χ3v) is 7.04. The second-order valence-corrected chi connectivity index (χ2v) is 9.98. The number of benzene rings is 1.